The first-order valence-corrected chi connectivity index (χ1v) is 23.0. The minimum atomic E-state index is 0.0166. The standard InChI is InChI=1S/C20H23NO2.2C17H19N3O/c22-15-17-8-10-18(11-9-17)20(23)19-7-4-12-21(14-19)13-16-5-2-1-3-6-16;21-16(17-18-9-5-10-19-17)15-8-4-11-20(13-15)12-14-6-2-1-3-7-14;21-17(16-9-18-13-19-10-16)15-7-4-8-20(12-15)11-14-5-2-1-3-6-14/h1-3,5-6,8-11,19,22H,4,7,12-15H2;1-3,5-7,9-10,15H,4,8,11-13H2;1-3,5-6,9-10,13,15H,4,7-8,11-12H2. The van der Waals surface area contributed by atoms with Crippen molar-refractivity contribution >= 4 is 17.3 Å². The largest absolute Gasteiger partial charge is 0.392 e. The summed E-state index contributed by atoms with van der Waals surface area (Å²) in [6.07, 6.45) is 14.0. The average Bonchev–Trinajstić information content (AvgIpc) is 3.38. The maximum Gasteiger partial charge on any atom is 0.204 e. The molecule has 1 N–H and O–H groups in total. The lowest BCUT2D eigenvalue weighted by Crippen LogP contribution is -2.38. The van der Waals surface area contributed by atoms with Gasteiger partial charge in [-0.3, -0.25) is 29.1 Å². The summed E-state index contributed by atoms with van der Waals surface area (Å²) in [5, 5.41) is 9.10. The second-order valence-corrected chi connectivity index (χ2v) is 17.3. The Morgan fingerprint density at radius 1 is 0.477 bits per heavy atom. The van der Waals surface area contributed by atoms with Crippen LogP contribution in [-0.4, -0.2) is 96.4 Å². The number of rotatable bonds is 13. The molecular formula is C54H61N7O4. The Balaban J connectivity index is 0.000000146. The highest BCUT2D eigenvalue weighted by atomic mass is 16.3. The molecule has 3 saturated heterocycles. The summed E-state index contributed by atoms with van der Waals surface area (Å²) >= 11 is 0. The minimum Gasteiger partial charge on any atom is -0.392 e. The van der Waals surface area contributed by atoms with E-state index in [1.54, 1.807) is 30.9 Å². The number of aliphatic hydroxyl groups is 1. The lowest BCUT2D eigenvalue weighted by Gasteiger charge is -2.32. The van der Waals surface area contributed by atoms with Crippen LogP contribution < -0.4 is 0 Å². The SMILES string of the molecule is O=C(c1ccc(CO)cc1)C1CCCN(Cc2ccccc2)C1.O=C(c1cncnc1)C1CCCN(Cc2ccccc2)C1.O=C(c1ncccn1)C1CCCN(Cc2ccccc2)C1. The highest BCUT2D eigenvalue weighted by Crippen LogP contribution is 2.25. The number of Topliss-reactive ketones (excluding diaryl/α,β-unsaturated/α-hetero) is 3. The Hall–Kier alpha value is -6.11. The van der Waals surface area contributed by atoms with Gasteiger partial charge in [0, 0.05) is 87.4 Å². The smallest absolute Gasteiger partial charge is 0.204 e. The summed E-state index contributed by atoms with van der Waals surface area (Å²) in [6, 6.07) is 40.3. The first-order valence-electron chi connectivity index (χ1n) is 23.0. The number of benzene rings is 4. The van der Waals surface area contributed by atoms with Crippen molar-refractivity contribution in [3.63, 3.8) is 0 Å². The third-order valence-electron chi connectivity index (χ3n) is 12.4. The normalized spacial score (nSPS) is 19.1. The molecule has 0 spiro atoms. The molecule has 336 valence electrons. The number of aliphatic hydroxyl groups excluding tert-OH is 1. The molecule has 3 aliphatic rings. The van der Waals surface area contributed by atoms with Crippen molar-refractivity contribution in [1.29, 1.82) is 0 Å². The van der Waals surface area contributed by atoms with Crippen LogP contribution in [0.2, 0.25) is 0 Å². The molecule has 65 heavy (non-hydrogen) atoms. The van der Waals surface area contributed by atoms with Crippen molar-refractivity contribution in [3.05, 3.63) is 192 Å². The van der Waals surface area contributed by atoms with Crippen LogP contribution in [0.25, 0.3) is 0 Å². The maximum atomic E-state index is 12.7. The van der Waals surface area contributed by atoms with Gasteiger partial charge in [0.1, 0.15) is 6.33 Å². The number of likely N-dealkylation sites (tertiary alicyclic amines) is 3. The van der Waals surface area contributed by atoms with Crippen LogP contribution in [0.4, 0.5) is 0 Å². The van der Waals surface area contributed by atoms with Crippen molar-refractivity contribution in [1.82, 2.24) is 34.6 Å². The molecule has 11 heteroatoms. The van der Waals surface area contributed by atoms with Gasteiger partial charge >= 0.3 is 0 Å². The van der Waals surface area contributed by atoms with Crippen LogP contribution in [0, 0.1) is 17.8 Å². The molecular weight excluding hydrogens is 811 g/mol. The topological polar surface area (TPSA) is 133 Å². The van der Waals surface area contributed by atoms with E-state index in [0.717, 1.165) is 109 Å². The van der Waals surface area contributed by atoms with Crippen molar-refractivity contribution < 1.29 is 19.5 Å². The molecule has 4 aromatic carbocycles. The summed E-state index contributed by atoms with van der Waals surface area (Å²) in [4.78, 5) is 60.8. The van der Waals surface area contributed by atoms with E-state index in [4.69, 9.17) is 5.11 Å². The number of aromatic nitrogens is 4. The van der Waals surface area contributed by atoms with Gasteiger partial charge in [0.25, 0.3) is 0 Å². The molecule has 3 fully saturated rings. The first kappa shape index (κ1) is 46.9. The molecule has 0 amide bonds. The zero-order valence-corrected chi connectivity index (χ0v) is 37.3. The number of carbonyl (C=O) groups excluding carboxylic acids is 3. The van der Waals surface area contributed by atoms with Gasteiger partial charge < -0.3 is 5.11 Å². The van der Waals surface area contributed by atoms with E-state index in [2.05, 4.69) is 107 Å². The van der Waals surface area contributed by atoms with Crippen LogP contribution in [0.15, 0.2) is 152 Å². The van der Waals surface area contributed by atoms with Gasteiger partial charge in [-0.05, 0) is 86.5 Å². The number of hydrogen-bond donors (Lipinski definition) is 1. The van der Waals surface area contributed by atoms with Crippen molar-refractivity contribution in [2.45, 2.75) is 64.8 Å². The van der Waals surface area contributed by atoms with Gasteiger partial charge in [0.05, 0.1) is 12.2 Å². The summed E-state index contributed by atoms with van der Waals surface area (Å²) in [7, 11) is 0. The number of ketones is 3. The third-order valence-corrected chi connectivity index (χ3v) is 12.4. The average molecular weight is 872 g/mol. The van der Waals surface area contributed by atoms with Crippen LogP contribution in [0.3, 0.4) is 0 Å². The predicted octanol–water partition coefficient (Wildman–Crippen LogP) is 8.42. The number of hydrogen-bond acceptors (Lipinski definition) is 11. The Morgan fingerprint density at radius 3 is 1.29 bits per heavy atom. The predicted molar refractivity (Wildman–Crippen MR) is 253 cm³/mol. The van der Waals surface area contributed by atoms with E-state index < -0.39 is 0 Å². The second kappa shape index (κ2) is 24.8. The maximum absolute atomic E-state index is 12.7. The van der Waals surface area contributed by atoms with E-state index >= 15 is 0 Å². The molecule has 9 rings (SSSR count). The fraction of sp³-hybridized carbons (Fsp3) is 0.352. The minimum absolute atomic E-state index is 0.0166. The molecule has 3 aliphatic heterocycles. The van der Waals surface area contributed by atoms with Gasteiger partial charge in [-0.2, -0.15) is 0 Å². The number of carbonyl (C=O) groups is 3. The van der Waals surface area contributed by atoms with E-state index in [-0.39, 0.29) is 41.7 Å². The number of nitrogens with zero attached hydrogens (tertiary/aromatic N) is 7. The zero-order valence-electron chi connectivity index (χ0n) is 37.3. The van der Waals surface area contributed by atoms with Gasteiger partial charge in [-0.1, -0.05) is 115 Å². The summed E-state index contributed by atoms with van der Waals surface area (Å²) < 4.78 is 0. The van der Waals surface area contributed by atoms with E-state index in [0.29, 0.717) is 11.4 Å². The van der Waals surface area contributed by atoms with Crippen molar-refractivity contribution in [3.8, 4) is 0 Å². The molecule has 5 heterocycles. The monoisotopic (exact) mass is 871 g/mol. The quantitative estimate of drug-likeness (QED) is 0.112. The fourth-order valence-electron chi connectivity index (χ4n) is 9.05. The van der Waals surface area contributed by atoms with Crippen LogP contribution in [0.1, 0.15) is 92.1 Å². The van der Waals surface area contributed by atoms with Gasteiger partial charge in [0.15, 0.2) is 17.4 Å². The van der Waals surface area contributed by atoms with Crippen LogP contribution in [0.5, 0.6) is 0 Å². The Labute approximate surface area is 383 Å². The molecule has 0 bridgehead atoms. The van der Waals surface area contributed by atoms with E-state index in [1.165, 1.54) is 23.0 Å². The summed E-state index contributed by atoms with van der Waals surface area (Å²) in [5.74, 6) is 0.990. The van der Waals surface area contributed by atoms with Gasteiger partial charge in [0.2, 0.25) is 5.78 Å². The Morgan fingerprint density at radius 2 is 0.877 bits per heavy atom. The molecule has 3 atom stereocenters. The summed E-state index contributed by atoms with van der Waals surface area (Å²) in [5.41, 5.74) is 6.12. The number of piperidine rings is 3. The zero-order chi connectivity index (χ0) is 45.1. The van der Waals surface area contributed by atoms with Gasteiger partial charge in [-0.15, -0.1) is 0 Å². The second-order valence-electron chi connectivity index (χ2n) is 17.3. The first-order chi connectivity index (χ1) is 31.9. The molecule has 6 aromatic rings. The van der Waals surface area contributed by atoms with Crippen LogP contribution in [-0.2, 0) is 26.2 Å². The van der Waals surface area contributed by atoms with Crippen molar-refractivity contribution in [2.24, 2.45) is 17.8 Å². The van der Waals surface area contributed by atoms with Gasteiger partial charge in [-0.25, -0.2) is 19.9 Å². The van der Waals surface area contributed by atoms with E-state index in [1.807, 2.05) is 42.5 Å². The fourth-order valence-corrected chi connectivity index (χ4v) is 9.05. The molecule has 11 nitrogen and oxygen atoms in total. The Kier molecular flexibility index (Phi) is 17.9. The Bertz CT molecular complexity index is 2230. The van der Waals surface area contributed by atoms with Crippen LogP contribution >= 0.6 is 0 Å². The van der Waals surface area contributed by atoms with Crippen molar-refractivity contribution in [2.75, 3.05) is 39.3 Å². The molecule has 3 unspecified atom stereocenters. The highest BCUT2D eigenvalue weighted by Gasteiger charge is 2.29. The summed E-state index contributed by atoms with van der Waals surface area (Å²) in [6.45, 7) is 8.36. The molecule has 0 aliphatic carbocycles. The molecule has 2 aromatic heterocycles. The highest BCUT2D eigenvalue weighted by molar-refractivity contribution is 5.98. The molecule has 0 saturated carbocycles. The lowest BCUT2D eigenvalue weighted by molar-refractivity contribution is 0.0797. The lowest BCUT2D eigenvalue weighted by atomic mass is 9.89. The molecule has 0 radical (unpaired) electrons. The third kappa shape index (κ3) is 14.4. The van der Waals surface area contributed by atoms with E-state index in [9.17, 15) is 14.4 Å².